The zero-order chi connectivity index (χ0) is 37.6. The average Bonchev–Trinajstić information content (AvgIpc) is 3.92. The Hall–Kier alpha value is -7.43. The van der Waals surface area contributed by atoms with Crippen molar-refractivity contribution in [1.29, 1.82) is 0 Å². The second kappa shape index (κ2) is 15.7. The van der Waals surface area contributed by atoms with Crippen molar-refractivity contribution in [3.05, 3.63) is 115 Å². The molecule has 6 aromatic heterocycles. The topological polar surface area (TPSA) is 218 Å². The van der Waals surface area contributed by atoms with Crippen LogP contribution in [0.4, 0.5) is 17.8 Å². The fourth-order valence-electron chi connectivity index (χ4n) is 6.09. The van der Waals surface area contributed by atoms with E-state index < -0.39 is 5.91 Å². The fourth-order valence-corrected chi connectivity index (χ4v) is 6.09. The van der Waals surface area contributed by atoms with Gasteiger partial charge in [0.15, 0.2) is 11.6 Å². The highest BCUT2D eigenvalue weighted by molar-refractivity contribution is 6.03. The summed E-state index contributed by atoms with van der Waals surface area (Å²) in [5, 5.41) is 21.8. The van der Waals surface area contributed by atoms with Gasteiger partial charge in [-0.25, -0.2) is 15.0 Å². The molecule has 0 aliphatic carbocycles. The highest BCUT2D eigenvalue weighted by Crippen LogP contribution is 2.28. The number of ether oxygens (including phenoxy) is 1. The molecular formula is C38H34N14O3. The Morgan fingerprint density at radius 1 is 0.782 bits per heavy atom. The SMILES string of the molecule is CC(Oc1ccc(C(=O)Nc2nnc(-c3ccccn3)[nH]2)cn1)c1cccc(-c2ccnc(N3CCCC(C(=O)Nc4nnc(-c5ccccn5)[nH]4)C3)n2)c1. The Kier molecular flexibility index (Phi) is 9.87. The third kappa shape index (κ3) is 8.15. The largest absolute Gasteiger partial charge is 0.470 e. The predicted molar refractivity (Wildman–Crippen MR) is 201 cm³/mol. The van der Waals surface area contributed by atoms with Crippen LogP contribution < -0.4 is 20.3 Å². The molecule has 0 radical (unpaired) electrons. The van der Waals surface area contributed by atoms with Crippen molar-refractivity contribution in [2.75, 3.05) is 28.6 Å². The summed E-state index contributed by atoms with van der Waals surface area (Å²) in [5.41, 5.74) is 4.09. The Balaban J connectivity index is 0.876. The number of H-pyrrole nitrogens is 2. The Morgan fingerprint density at radius 3 is 2.22 bits per heavy atom. The molecule has 4 N–H and O–H groups in total. The van der Waals surface area contributed by atoms with E-state index in [0.717, 1.165) is 36.2 Å². The first-order chi connectivity index (χ1) is 26.9. The minimum atomic E-state index is -0.405. The van der Waals surface area contributed by atoms with E-state index in [1.54, 1.807) is 42.9 Å². The summed E-state index contributed by atoms with van der Waals surface area (Å²) in [4.78, 5) is 56.4. The number of pyridine rings is 3. The first kappa shape index (κ1) is 34.6. The number of amides is 2. The van der Waals surface area contributed by atoms with Crippen LogP contribution in [0.3, 0.4) is 0 Å². The van der Waals surface area contributed by atoms with Crippen LogP contribution in [0.5, 0.6) is 5.88 Å². The van der Waals surface area contributed by atoms with Gasteiger partial charge < -0.3 is 19.6 Å². The molecule has 0 spiro atoms. The van der Waals surface area contributed by atoms with E-state index >= 15 is 0 Å². The van der Waals surface area contributed by atoms with Gasteiger partial charge in [0, 0.05) is 49.5 Å². The first-order valence-electron chi connectivity index (χ1n) is 17.6. The van der Waals surface area contributed by atoms with Gasteiger partial charge in [-0.2, -0.15) is 0 Å². The van der Waals surface area contributed by atoms with Crippen LogP contribution in [0.1, 0.15) is 41.8 Å². The molecule has 7 aromatic rings. The first-order valence-corrected chi connectivity index (χ1v) is 17.6. The molecule has 1 saturated heterocycles. The van der Waals surface area contributed by atoms with E-state index in [9.17, 15) is 9.59 Å². The molecule has 1 aliphatic heterocycles. The molecule has 17 nitrogen and oxygen atoms in total. The average molecular weight is 735 g/mol. The number of nitrogens with one attached hydrogen (secondary N) is 4. The number of aromatic amines is 2. The van der Waals surface area contributed by atoms with Gasteiger partial charge in [0.2, 0.25) is 29.6 Å². The molecule has 2 unspecified atom stereocenters. The summed E-state index contributed by atoms with van der Waals surface area (Å²) < 4.78 is 6.15. The van der Waals surface area contributed by atoms with Crippen LogP contribution in [0.15, 0.2) is 104 Å². The van der Waals surface area contributed by atoms with Crippen molar-refractivity contribution < 1.29 is 14.3 Å². The number of hydrogen-bond donors (Lipinski definition) is 4. The lowest BCUT2D eigenvalue weighted by Crippen LogP contribution is -2.41. The molecule has 0 saturated carbocycles. The number of nitrogens with zero attached hydrogens (tertiary/aromatic N) is 10. The summed E-state index contributed by atoms with van der Waals surface area (Å²) in [7, 11) is 0. The van der Waals surface area contributed by atoms with E-state index in [2.05, 4.69) is 60.9 Å². The van der Waals surface area contributed by atoms with E-state index in [1.807, 2.05) is 66.4 Å². The highest BCUT2D eigenvalue weighted by atomic mass is 16.5. The summed E-state index contributed by atoms with van der Waals surface area (Å²) in [6.45, 7) is 3.11. The number of rotatable bonds is 11. The van der Waals surface area contributed by atoms with E-state index in [1.165, 1.54) is 6.20 Å². The van der Waals surface area contributed by atoms with Crippen molar-refractivity contribution in [2.24, 2.45) is 5.92 Å². The smallest absolute Gasteiger partial charge is 0.259 e. The minimum Gasteiger partial charge on any atom is -0.470 e. The van der Waals surface area contributed by atoms with Gasteiger partial charge in [0.1, 0.15) is 17.5 Å². The van der Waals surface area contributed by atoms with Crippen LogP contribution >= 0.6 is 0 Å². The summed E-state index contributed by atoms with van der Waals surface area (Å²) in [6.07, 6.45) is 7.65. The van der Waals surface area contributed by atoms with Crippen molar-refractivity contribution in [3.63, 3.8) is 0 Å². The van der Waals surface area contributed by atoms with Crippen LogP contribution in [0.2, 0.25) is 0 Å². The van der Waals surface area contributed by atoms with Crippen LogP contribution in [0.25, 0.3) is 34.3 Å². The molecule has 274 valence electrons. The lowest BCUT2D eigenvalue weighted by molar-refractivity contribution is -0.120. The lowest BCUT2D eigenvalue weighted by atomic mass is 9.97. The number of aromatic nitrogens is 11. The Morgan fingerprint density at radius 2 is 1.53 bits per heavy atom. The molecule has 1 fully saturated rings. The molecule has 17 heteroatoms. The van der Waals surface area contributed by atoms with Crippen molar-refractivity contribution in [1.82, 2.24) is 55.3 Å². The fraction of sp³-hybridized carbons (Fsp3) is 0.184. The van der Waals surface area contributed by atoms with Crippen LogP contribution in [0, 0.1) is 5.92 Å². The van der Waals surface area contributed by atoms with Gasteiger partial charge in [-0.3, -0.25) is 30.2 Å². The van der Waals surface area contributed by atoms with Crippen molar-refractivity contribution in [3.8, 4) is 40.2 Å². The van der Waals surface area contributed by atoms with Gasteiger partial charge >= 0.3 is 0 Å². The molecule has 8 rings (SSSR count). The van der Waals surface area contributed by atoms with E-state index in [4.69, 9.17) is 9.72 Å². The van der Waals surface area contributed by atoms with Crippen LogP contribution in [-0.2, 0) is 4.79 Å². The van der Waals surface area contributed by atoms with Gasteiger partial charge in [-0.15, -0.1) is 20.4 Å². The Labute approximate surface area is 314 Å². The van der Waals surface area contributed by atoms with E-state index in [-0.39, 0.29) is 29.8 Å². The maximum atomic E-state index is 13.2. The second-order valence-corrected chi connectivity index (χ2v) is 12.7. The quantitative estimate of drug-likeness (QED) is 0.135. The zero-order valence-electron chi connectivity index (χ0n) is 29.5. The predicted octanol–water partition coefficient (Wildman–Crippen LogP) is 5.15. The molecule has 7 heterocycles. The van der Waals surface area contributed by atoms with Crippen molar-refractivity contribution in [2.45, 2.75) is 25.9 Å². The summed E-state index contributed by atoms with van der Waals surface area (Å²) in [5.74, 6) is 1.44. The molecule has 2 amide bonds. The number of piperidine rings is 1. The third-order valence-electron chi connectivity index (χ3n) is 8.93. The molecular weight excluding hydrogens is 701 g/mol. The minimum absolute atomic E-state index is 0.152. The van der Waals surface area contributed by atoms with Crippen molar-refractivity contribution >= 4 is 29.7 Å². The van der Waals surface area contributed by atoms with Gasteiger partial charge in [-0.1, -0.05) is 30.3 Å². The molecule has 2 atom stereocenters. The number of anilines is 3. The molecule has 1 aromatic carbocycles. The number of hydrogen-bond acceptors (Lipinski definition) is 13. The third-order valence-corrected chi connectivity index (χ3v) is 8.93. The normalized spacial score (nSPS) is 14.6. The van der Waals surface area contributed by atoms with Gasteiger partial charge in [-0.05, 0) is 67.8 Å². The summed E-state index contributed by atoms with van der Waals surface area (Å²) >= 11 is 0. The van der Waals surface area contributed by atoms with E-state index in [0.29, 0.717) is 47.0 Å². The van der Waals surface area contributed by atoms with Gasteiger partial charge in [0.25, 0.3) is 5.91 Å². The lowest BCUT2D eigenvalue weighted by Gasteiger charge is -2.32. The molecule has 55 heavy (non-hydrogen) atoms. The highest BCUT2D eigenvalue weighted by Gasteiger charge is 2.28. The zero-order valence-corrected chi connectivity index (χ0v) is 29.5. The van der Waals surface area contributed by atoms with Crippen LogP contribution in [-0.4, -0.2) is 80.2 Å². The monoisotopic (exact) mass is 734 g/mol. The maximum absolute atomic E-state index is 13.2. The second-order valence-electron chi connectivity index (χ2n) is 12.7. The number of carbonyl (C=O) groups excluding carboxylic acids is 2. The molecule has 1 aliphatic rings. The maximum Gasteiger partial charge on any atom is 0.259 e. The summed E-state index contributed by atoms with van der Waals surface area (Å²) in [6, 6.07) is 23.9. The number of benzene rings is 1. The van der Waals surface area contributed by atoms with Gasteiger partial charge in [0.05, 0.1) is 17.2 Å². The molecule has 0 bridgehead atoms. The number of carbonyl (C=O) groups is 2. The Bertz CT molecular complexity index is 2400. The standard InChI is InChI=1S/C38H34N14O3/c1-23(55-31-14-13-26(21-42-31)34(53)46-36-44-32(48-50-36)29-11-2-4-16-39-29)24-8-6-9-25(20-24)28-15-18-41-38(43-28)52-19-7-10-27(22-52)35(54)47-37-45-33(49-51-37)30-12-3-5-17-40-30/h2-6,8-9,11-18,20-21,23,27H,7,10,19,22H2,1H3,(H2,44,46,48,50,53)(H2,45,47,49,51,54).